The number of carboxylic acid groups (broad SMARTS) is 1. The number of ether oxygens (including phenoxy) is 2. The van der Waals surface area contributed by atoms with E-state index in [1.54, 1.807) is 6.20 Å². The molecule has 0 radical (unpaired) electrons. The molecule has 2 aliphatic heterocycles. The number of benzene rings is 1. The Kier molecular flexibility index (Phi) is 7.67. The summed E-state index contributed by atoms with van der Waals surface area (Å²) in [5.74, 6) is -4.21. The Labute approximate surface area is 190 Å². The van der Waals surface area contributed by atoms with Crippen molar-refractivity contribution < 1.29 is 46.1 Å². The fraction of sp³-hybridized carbons (Fsp3) is 0.381. The van der Waals surface area contributed by atoms with Gasteiger partial charge >= 0.3 is 12.1 Å². The number of anilines is 2. The number of hydrogen-bond donors (Lipinski definition) is 1. The van der Waals surface area contributed by atoms with Crippen molar-refractivity contribution in [2.75, 3.05) is 49.3 Å². The summed E-state index contributed by atoms with van der Waals surface area (Å²) in [5.41, 5.74) is -0.484. The van der Waals surface area contributed by atoms with Crippen LogP contribution in [0.3, 0.4) is 0 Å². The molecule has 2 aromatic rings. The van der Waals surface area contributed by atoms with Crippen LogP contribution in [0, 0.1) is 11.6 Å². The molecular weight excluding hydrogens is 469 g/mol. The number of hydrogen-bond acceptors (Lipinski definition) is 6. The molecule has 4 rings (SSSR count). The lowest BCUT2D eigenvalue weighted by molar-refractivity contribution is -0.192. The Morgan fingerprint density at radius 2 is 1.85 bits per heavy atom. The normalized spacial score (nSPS) is 21.0. The average Bonchev–Trinajstić information content (AvgIpc) is 3.01. The molecule has 1 unspecified atom stereocenters. The lowest BCUT2D eigenvalue weighted by atomic mass is 10.0. The van der Waals surface area contributed by atoms with Gasteiger partial charge in [-0.15, -0.1) is 0 Å². The first-order valence-corrected chi connectivity index (χ1v) is 9.94. The van der Waals surface area contributed by atoms with Crippen molar-refractivity contribution in [2.24, 2.45) is 0 Å². The molecule has 1 amide bonds. The summed E-state index contributed by atoms with van der Waals surface area (Å²) in [6, 6.07) is 9.08. The number of aliphatic carboxylic acids is 1. The monoisotopic (exact) mass is 489 g/mol. The summed E-state index contributed by atoms with van der Waals surface area (Å²) < 4.78 is 70.3. The molecule has 2 aliphatic rings. The first-order chi connectivity index (χ1) is 16.0. The molecule has 34 heavy (non-hydrogen) atoms. The maximum absolute atomic E-state index is 13.7. The molecule has 2 fully saturated rings. The van der Waals surface area contributed by atoms with Crippen LogP contribution in [0.4, 0.5) is 33.5 Å². The molecule has 1 aromatic heterocycles. The Morgan fingerprint density at radius 3 is 2.47 bits per heavy atom. The summed E-state index contributed by atoms with van der Waals surface area (Å²) in [6.07, 6.45) is -3.37. The quantitative estimate of drug-likeness (QED) is 0.649. The molecule has 1 aromatic carbocycles. The molecular formula is C21H20F5N3O5. The molecule has 8 nitrogen and oxygen atoms in total. The van der Waals surface area contributed by atoms with E-state index in [2.05, 4.69) is 4.98 Å². The number of amides is 1. The highest BCUT2D eigenvalue weighted by molar-refractivity contribution is 5.95. The maximum Gasteiger partial charge on any atom is 0.490 e. The second-order valence-electron chi connectivity index (χ2n) is 7.51. The summed E-state index contributed by atoms with van der Waals surface area (Å²) >= 11 is 0. The van der Waals surface area contributed by atoms with E-state index < -0.39 is 29.4 Å². The number of aromatic nitrogens is 1. The van der Waals surface area contributed by atoms with Crippen molar-refractivity contribution in [3.63, 3.8) is 0 Å². The Bertz CT molecular complexity index is 1020. The minimum Gasteiger partial charge on any atom is -0.475 e. The van der Waals surface area contributed by atoms with Gasteiger partial charge in [0.2, 0.25) is 0 Å². The number of halogens is 5. The van der Waals surface area contributed by atoms with Gasteiger partial charge in [0.1, 0.15) is 18.0 Å². The highest BCUT2D eigenvalue weighted by Crippen LogP contribution is 2.29. The van der Waals surface area contributed by atoms with Crippen molar-refractivity contribution in [2.45, 2.75) is 11.8 Å². The zero-order valence-corrected chi connectivity index (χ0v) is 17.6. The lowest BCUT2D eigenvalue weighted by Gasteiger charge is -2.43. The first-order valence-electron chi connectivity index (χ1n) is 9.94. The summed E-state index contributed by atoms with van der Waals surface area (Å²) in [5, 5.41) is 7.12. The average molecular weight is 489 g/mol. The maximum atomic E-state index is 13.7. The van der Waals surface area contributed by atoms with Crippen LogP contribution in [0.2, 0.25) is 0 Å². The van der Waals surface area contributed by atoms with E-state index in [4.69, 9.17) is 19.4 Å². The fourth-order valence-electron chi connectivity index (χ4n) is 3.43. The number of alkyl halides is 3. The van der Waals surface area contributed by atoms with E-state index in [1.165, 1.54) is 11.0 Å². The topological polar surface area (TPSA) is 92.2 Å². The summed E-state index contributed by atoms with van der Waals surface area (Å²) in [6.45, 7) is 1.93. The van der Waals surface area contributed by atoms with Gasteiger partial charge in [-0.3, -0.25) is 4.79 Å². The van der Waals surface area contributed by atoms with Crippen molar-refractivity contribution >= 4 is 23.4 Å². The fourth-order valence-corrected chi connectivity index (χ4v) is 3.43. The zero-order valence-electron chi connectivity index (χ0n) is 17.6. The molecule has 3 heterocycles. The van der Waals surface area contributed by atoms with Crippen LogP contribution in [0.25, 0.3) is 0 Å². The number of nitrogens with zero attached hydrogens (tertiary/aromatic N) is 3. The number of carbonyl (C=O) groups is 2. The van der Waals surface area contributed by atoms with Gasteiger partial charge in [0.05, 0.1) is 26.3 Å². The molecule has 0 saturated carbocycles. The first kappa shape index (κ1) is 25.3. The van der Waals surface area contributed by atoms with Gasteiger partial charge in [0.25, 0.3) is 5.91 Å². The van der Waals surface area contributed by atoms with Crippen LogP contribution in [0.15, 0.2) is 42.6 Å². The highest BCUT2D eigenvalue weighted by Gasteiger charge is 2.44. The zero-order chi connectivity index (χ0) is 24.9. The van der Waals surface area contributed by atoms with Gasteiger partial charge in [0.15, 0.2) is 11.6 Å². The number of morpholine rings is 1. The van der Waals surface area contributed by atoms with Crippen molar-refractivity contribution in [3.05, 3.63) is 54.2 Å². The minimum absolute atomic E-state index is 0.154. The third-order valence-corrected chi connectivity index (χ3v) is 5.03. The smallest absolute Gasteiger partial charge is 0.475 e. The van der Waals surface area contributed by atoms with Crippen molar-refractivity contribution in [3.8, 4) is 0 Å². The molecule has 0 aliphatic carbocycles. The van der Waals surface area contributed by atoms with E-state index in [0.717, 1.165) is 18.0 Å². The van der Waals surface area contributed by atoms with Crippen LogP contribution < -0.4 is 9.80 Å². The van der Waals surface area contributed by atoms with E-state index >= 15 is 0 Å². The molecule has 1 spiro atoms. The summed E-state index contributed by atoms with van der Waals surface area (Å²) in [7, 11) is 0. The van der Waals surface area contributed by atoms with Crippen molar-refractivity contribution in [1.29, 1.82) is 0 Å². The predicted octanol–water partition coefficient (Wildman–Crippen LogP) is 2.63. The van der Waals surface area contributed by atoms with Gasteiger partial charge in [0, 0.05) is 24.5 Å². The molecule has 13 heteroatoms. The number of pyridine rings is 1. The predicted molar refractivity (Wildman–Crippen MR) is 108 cm³/mol. The Hall–Kier alpha value is -3.32. The van der Waals surface area contributed by atoms with E-state index in [1.807, 2.05) is 23.1 Å². The van der Waals surface area contributed by atoms with Crippen LogP contribution in [0.1, 0.15) is 0 Å². The number of carbonyl (C=O) groups excluding carboxylic acids is 1. The molecule has 1 N–H and O–H groups in total. The van der Waals surface area contributed by atoms with Gasteiger partial charge < -0.3 is 24.4 Å². The van der Waals surface area contributed by atoms with E-state index in [-0.39, 0.29) is 19.1 Å². The van der Waals surface area contributed by atoms with E-state index in [9.17, 15) is 26.7 Å². The lowest BCUT2D eigenvalue weighted by Crippen LogP contribution is -2.61. The van der Waals surface area contributed by atoms with Crippen LogP contribution in [0.5, 0.6) is 0 Å². The second-order valence-corrected chi connectivity index (χ2v) is 7.51. The largest absolute Gasteiger partial charge is 0.490 e. The van der Waals surface area contributed by atoms with Gasteiger partial charge in [-0.1, -0.05) is 6.07 Å². The molecule has 1 atom stereocenters. The second kappa shape index (κ2) is 10.3. The molecule has 184 valence electrons. The summed E-state index contributed by atoms with van der Waals surface area (Å²) in [4.78, 5) is 29.1. The third-order valence-electron chi connectivity index (χ3n) is 5.03. The van der Waals surface area contributed by atoms with Gasteiger partial charge in [-0.25, -0.2) is 18.6 Å². The van der Waals surface area contributed by atoms with Gasteiger partial charge in [-0.05, 0) is 24.3 Å². The minimum atomic E-state index is -5.08. The standard InChI is InChI=1S/C19H19F2N3O3.C2HF3O2/c20-15-5-4-14(9-16(15)21)24-12-19(27-10-18(24)25)11-23(7-8-26-13-19)17-3-1-2-6-22-17;3-2(4,5)1(6)7/h1-6,9H,7-8,10-13H2;(H,6,7). The number of rotatable bonds is 2. The van der Waals surface area contributed by atoms with Crippen molar-refractivity contribution in [1.82, 2.24) is 4.98 Å². The Morgan fingerprint density at radius 1 is 1.12 bits per heavy atom. The van der Waals surface area contributed by atoms with Gasteiger partial charge in [-0.2, -0.15) is 13.2 Å². The van der Waals surface area contributed by atoms with Crippen LogP contribution in [-0.2, 0) is 19.1 Å². The Balaban J connectivity index is 0.000000406. The molecule has 0 bridgehead atoms. The van der Waals surface area contributed by atoms with Crippen LogP contribution >= 0.6 is 0 Å². The van der Waals surface area contributed by atoms with E-state index in [0.29, 0.717) is 32.0 Å². The number of carboxylic acids is 1. The van der Waals surface area contributed by atoms with Crippen LogP contribution in [-0.4, -0.2) is 73.2 Å². The molecule has 2 saturated heterocycles. The third kappa shape index (κ3) is 6.17. The SMILES string of the molecule is O=C(O)C(F)(F)F.O=C1COC2(COCCN(c3ccccn3)C2)CN1c1ccc(F)c(F)c1. The highest BCUT2D eigenvalue weighted by atomic mass is 19.4.